The van der Waals surface area contributed by atoms with E-state index in [1.807, 2.05) is 13.8 Å². The predicted molar refractivity (Wildman–Crippen MR) is 126 cm³/mol. The number of piperazine rings is 1. The van der Waals surface area contributed by atoms with Crippen molar-refractivity contribution in [2.75, 3.05) is 52.4 Å². The average Bonchev–Trinajstić information content (AvgIpc) is 2.75. The lowest BCUT2D eigenvalue weighted by Gasteiger charge is -2.34. The number of aryl methyl sites for hydroxylation is 2. The van der Waals surface area contributed by atoms with Crippen molar-refractivity contribution in [1.29, 1.82) is 0 Å². The van der Waals surface area contributed by atoms with E-state index in [2.05, 4.69) is 19.2 Å². The zero-order valence-corrected chi connectivity index (χ0v) is 20.3. The first kappa shape index (κ1) is 24.8. The molecule has 2 N–H and O–H groups in total. The Morgan fingerprint density at radius 2 is 0.938 bits per heavy atom. The standard InChI is InChI=1S/C22H32N4O4S2/c1-19-3-7-21(8-4-19)31(27,28)23-11-13-25-15-17-26(18-16-25)14-12-24-32(29,30)22-9-5-20(2)6-10-22/h3-10,23-24H,11-18H2,1-2H3. The molecule has 0 unspecified atom stereocenters. The summed E-state index contributed by atoms with van der Waals surface area (Å²) in [6.07, 6.45) is 0. The van der Waals surface area contributed by atoms with Crippen LogP contribution in [-0.2, 0) is 20.0 Å². The quantitative estimate of drug-likeness (QED) is 0.530. The highest BCUT2D eigenvalue weighted by Gasteiger charge is 2.19. The van der Waals surface area contributed by atoms with Crippen LogP contribution in [-0.4, -0.2) is 79.0 Å². The van der Waals surface area contributed by atoms with Gasteiger partial charge in [0, 0.05) is 52.4 Å². The molecular formula is C22H32N4O4S2. The van der Waals surface area contributed by atoms with Crippen LogP contribution in [0.4, 0.5) is 0 Å². The Bertz CT molecular complexity index is 988. The van der Waals surface area contributed by atoms with E-state index in [-0.39, 0.29) is 9.79 Å². The van der Waals surface area contributed by atoms with Gasteiger partial charge < -0.3 is 0 Å². The SMILES string of the molecule is Cc1ccc(S(=O)(=O)NCCN2CCN(CCNS(=O)(=O)c3ccc(C)cc3)CC2)cc1. The summed E-state index contributed by atoms with van der Waals surface area (Å²) in [6.45, 7) is 9.09. The van der Waals surface area contributed by atoms with Crippen LogP contribution in [0.15, 0.2) is 58.3 Å². The summed E-state index contributed by atoms with van der Waals surface area (Å²) in [5.41, 5.74) is 2.04. The Morgan fingerprint density at radius 3 is 1.25 bits per heavy atom. The summed E-state index contributed by atoms with van der Waals surface area (Å²) in [6, 6.07) is 13.6. The van der Waals surface area contributed by atoms with E-state index in [9.17, 15) is 16.8 Å². The summed E-state index contributed by atoms with van der Waals surface area (Å²) in [7, 11) is -6.98. The maximum absolute atomic E-state index is 12.4. The van der Waals surface area contributed by atoms with E-state index in [1.165, 1.54) is 0 Å². The number of hydrogen-bond donors (Lipinski definition) is 2. The third-order valence-electron chi connectivity index (χ3n) is 5.57. The average molecular weight is 481 g/mol. The summed E-state index contributed by atoms with van der Waals surface area (Å²) in [5, 5.41) is 0. The second-order valence-corrected chi connectivity index (χ2v) is 11.6. The van der Waals surface area contributed by atoms with Crippen molar-refractivity contribution >= 4 is 20.0 Å². The normalized spacial score (nSPS) is 16.3. The molecule has 1 fully saturated rings. The van der Waals surface area contributed by atoms with Gasteiger partial charge in [0.1, 0.15) is 0 Å². The van der Waals surface area contributed by atoms with Crippen molar-refractivity contribution in [3.05, 3.63) is 59.7 Å². The largest absolute Gasteiger partial charge is 0.299 e. The maximum atomic E-state index is 12.4. The molecule has 1 aliphatic heterocycles. The zero-order valence-electron chi connectivity index (χ0n) is 18.6. The molecule has 0 amide bonds. The molecule has 0 radical (unpaired) electrons. The van der Waals surface area contributed by atoms with Gasteiger partial charge in [0.05, 0.1) is 9.79 Å². The van der Waals surface area contributed by atoms with E-state index in [0.29, 0.717) is 26.2 Å². The molecule has 1 heterocycles. The van der Waals surface area contributed by atoms with Crippen molar-refractivity contribution in [2.24, 2.45) is 0 Å². The zero-order chi connectivity index (χ0) is 23.2. The Labute approximate surface area is 191 Å². The van der Waals surface area contributed by atoms with E-state index in [4.69, 9.17) is 0 Å². The molecule has 8 nitrogen and oxygen atoms in total. The van der Waals surface area contributed by atoms with Crippen LogP contribution in [0.2, 0.25) is 0 Å². The molecular weight excluding hydrogens is 448 g/mol. The second-order valence-electron chi connectivity index (χ2n) is 8.10. The number of hydrogen-bond acceptors (Lipinski definition) is 6. The summed E-state index contributed by atoms with van der Waals surface area (Å²) in [5.74, 6) is 0. The van der Waals surface area contributed by atoms with Crippen LogP contribution >= 0.6 is 0 Å². The molecule has 0 aromatic heterocycles. The molecule has 0 bridgehead atoms. The fourth-order valence-electron chi connectivity index (χ4n) is 3.51. The van der Waals surface area contributed by atoms with Gasteiger partial charge >= 0.3 is 0 Å². The van der Waals surface area contributed by atoms with Gasteiger partial charge in [0.2, 0.25) is 20.0 Å². The van der Waals surface area contributed by atoms with E-state index < -0.39 is 20.0 Å². The van der Waals surface area contributed by atoms with Crippen molar-refractivity contribution in [3.8, 4) is 0 Å². The van der Waals surface area contributed by atoms with Gasteiger partial charge in [-0.1, -0.05) is 35.4 Å². The molecule has 2 aromatic carbocycles. The molecule has 10 heteroatoms. The van der Waals surface area contributed by atoms with Crippen LogP contribution < -0.4 is 9.44 Å². The fourth-order valence-corrected chi connectivity index (χ4v) is 5.56. The summed E-state index contributed by atoms with van der Waals surface area (Å²) < 4.78 is 54.8. The van der Waals surface area contributed by atoms with Crippen molar-refractivity contribution in [2.45, 2.75) is 23.6 Å². The van der Waals surface area contributed by atoms with Gasteiger partial charge in [-0.2, -0.15) is 0 Å². The molecule has 2 aromatic rings. The van der Waals surface area contributed by atoms with Crippen LogP contribution in [0.5, 0.6) is 0 Å². The van der Waals surface area contributed by atoms with Gasteiger partial charge in [-0.25, -0.2) is 26.3 Å². The topological polar surface area (TPSA) is 98.8 Å². The monoisotopic (exact) mass is 480 g/mol. The molecule has 0 spiro atoms. The van der Waals surface area contributed by atoms with Gasteiger partial charge in [-0.05, 0) is 38.1 Å². The van der Waals surface area contributed by atoms with E-state index in [0.717, 1.165) is 37.3 Å². The van der Waals surface area contributed by atoms with Crippen molar-refractivity contribution in [1.82, 2.24) is 19.2 Å². The first-order valence-corrected chi connectivity index (χ1v) is 13.7. The van der Waals surface area contributed by atoms with Crippen molar-refractivity contribution in [3.63, 3.8) is 0 Å². The number of sulfonamides is 2. The summed E-state index contributed by atoms with van der Waals surface area (Å²) in [4.78, 5) is 4.98. The lowest BCUT2D eigenvalue weighted by molar-refractivity contribution is 0.136. The predicted octanol–water partition coefficient (Wildman–Crippen LogP) is 1.18. The molecule has 1 saturated heterocycles. The highest BCUT2D eigenvalue weighted by Crippen LogP contribution is 2.11. The number of nitrogens with zero attached hydrogens (tertiary/aromatic N) is 2. The molecule has 0 saturated carbocycles. The number of nitrogens with one attached hydrogen (secondary N) is 2. The third-order valence-corrected chi connectivity index (χ3v) is 8.52. The summed E-state index contributed by atoms with van der Waals surface area (Å²) >= 11 is 0. The highest BCUT2D eigenvalue weighted by atomic mass is 32.2. The molecule has 0 atom stereocenters. The first-order chi connectivity index (χ1) is 15.2. The lowest BCUT2D eigenvalue weighted by atomic mass is 10.2. The minimum absolute atomic E-state index is 0.279. The minimum Gasteiger partial charge on any atom is -0.299 e. The van der Waals surface area contributed by atoms with Crippen LogP contribution in [0.1, 0.15) is 11.1 Å². The van der Waals surface area contributed by atoms with Crippen molar-refractivity contribution < 1.29 is 16.8 Å². The minimum atomic E-state index is -3.49. The second kappa shape index (κ2) is 10.9. The fraction of sp³-hybridized carbons (Fsp3) is 0.455. The molecule has 1 aliphatic rings. The van der Waals surface area contributed by atoms with Gasteiger partial charge in [0.15, 0.2) is 0 Å². The Balaban J connectivity index is 1.35. The maximum Gasteiger partial charge on any atom is 0.240 e. The van der Waals surface area contributed by atoms with Gasteiger partial charge in [0.25, 0.3) is 0 Å². The lowest BCUT2D eigenvalue weighted by Crippen LogP contribution is -2.49. The molecule has 176 valence electrons. The number of benzene rings is 2. The van der Waals surface area contributed by atoms with Crippen LogP contribution in [0.3, 0.4) is 0 Å². The Morgan fingerprint density at radius 1 is 0.625 bits per heavy atom. The smallest absolute Gasteiger partial charge is 0.240 e. The Hall–Kier alpha value is -1.82. The van der Waals surface area contributed by atoms with E-state index >= 15 is 0 Å². The third kappa shape index (κ3) is 7.09. The first-order valence-electron chi connectivity index (χ1n) is 10.7. The molecule has 32 heavy (non-hydrogen) atoms. The van der Waals surface area contributed by atoms with Crippen LogP contribution in [0, 0.1) is 13.8 Å². The Kier molecular flexibility index (Phi) is 8.43. The number of rotatable bonds is 10. The molecule has 0 aliphatic carbocycles. The van der Waals surface area contributed by atoms with Gasteiger partial charge in [-0.3, -0.25) is 9.80 Å². The van der Waals surface area contributed by atoms with Gasteiger partial charge in [-0.15, -0.1) is 0 Å². The van der Waals surface area contributed by atoms with E-state index in [1.54, 1.807) is 48.5 Å². The highest BCUT2D eigenvalue weighted by molar-refractivity contribution is 7.89. The molecule has 3 rings (SSSR count). The van der Waals surface area contributed by atoms with Crippen LogP contribution in [0.25, 0.3) is 0 Å².